The van der Waals surface area contributed by atoms with E-state index >= 15 is 0 Å². The number of aliphatic hydroxyl groups is 7. The third kappa shape index (κ3) is 3.36. The summed E-state index contributed by atoms with van der Waals surface area (Å²) in [5.41, 5.74) is 0. The number of ether oxygens (including phenoxy) is 2. The lowest BCUT2D eigenvalue weighted by molar-refractivity contribution is -0.283. The second kappa shape index (κ2) is 6.82. The third-order valence-electron chi connectivity index (χ3n) is 4.06. The van der Waals surface area contributed by atoms with Gasteiger partial charge in [0.1, 0.15) is 36.6 Å². The van der Waals surface area contributed by atoms with Gasteiger partial charge in [0.15, 0.2) is 6.29 Å². The second-order valence-corrected chi connectivity index (χ2v) is 5.49. The largest absolute Gasteiger partial charge is 0.394 e. The highest BCUT2D eigenvalue weighted by atomic mass is 16.6. The molecule has 0 amide bonds. The Morgan fingerprint density at radius 2 is 1.05 bits per heavy atom. The molecule has 2 aliphatic heterocycles. The predicted molar refractivity (Wildman–Crippen MR) is 65.9 cm³/mol. The van der Waals surface area contributed by atoms with Crippen molar-refractivity contribution in [3.8, 4) is 0 Å². The van der Waals surface area contributed by atoms with E-state index in [0.29, 0.717) is 0 Å². The zero-order valence-corrected chi connectivity index (χ0v) is 11.3. The van der Waals surface area contributed by atoms with Gasteiger partial charge in [0.25, 0.3) is 0 Å². The summed E-state index contributed by atoms with van der Waals surface area (Å²) in [7, 11) is 0. The molecule has 0 aliphatic carbocycles. The molecule has 7 N–H and O–H groups in total. The van der Waals surface area contributed by atoms with Crippen LogP contribution in [0.1, 0.15) is 12.8 Å². The van der Waals surface area contributed by atoms with Crippen molar-refractivity contribution in [3.05, 3.63) is 0 Å². The van der Waals surface area contributed by atoms with Crippen LogP contribution < -0.4 is 0 Å². The van der Waals surface area contributed by atoms with Crippen LogP contribution in [0.2, 0.25) is 0 Å². The lowest BCUT2D eigenvalue weighted by Crippen LogP contribution is -2.57. The van der Waals surface area contributed by atoms with Gasteiger partial charge in [-0.05, 0) is 12.8 Å². The number of hydrogen-bond acceptors (Lipinski definition) is 9. The molecule has 2 fully saturated rings. The van der Waals surface area contributed by atoms with Gasteiger partial charge in [-0.25, -0.2) is 0 Å². The molecular weight excluding hydrogens is 288 g/mol. The number of hydrogen-bond donors (Lipinski definition) is 7. The molecule has 2 heterocycles. The van der Waals surface area contributed by atoms with E-state index in [2.05, 4.69) is 0 Å². The van der Waals surface area contributed by atoms with E-state index in [0.717, 1.165) is 0 Å². The fourth-order valence-corrected chi connectivity index (χ4v) is 2.71. The average molecular weight is 310 g/mol. The molecule has 0 aromatic rings. The van der Waals surface area contributed by atoms with Crippen LogP contribution in [-0.2, 0) is 9.47 Å². The zero-order valence-electron chi connectivity index (χ0n) is 11.3. The van der Waals surface area contributed by atoms with Gasteiger partial charge in [-0.1, -0.05) is 0 Å². The summed E-state index contributed by atoms with van der Waals surface area (Å²) in [6, 6.07) is 0. The topological polar surface area (TPSA) is 160 Å². The highest BCUT2D eigenvalue weighted by Crippen LogP contribution is 2.28. The SMILES string of the molecule is OC[C@H]1O[C@H](CC[C@H]2O[C@H](O)[C@H](O)[C@@H](O)[C@H]2O)[C@H](O)[C@@H]1O. The van der Waals surface area contributed by atoms with E-state index in [4.69, 9.17) is 14.6 Å². The van der Waals surface area contributed by atoms with Crippen molar-refractivity contribution in [2.24, 2.45) is 0 Å². The van der Waals surface area contributed by atoms with Gasteiger partial charge in [-0.2, -0.15) is 0 Å². The zero-order chi connectivity index (χ0) is 15.7. The van der Waals surface area contributed by atoms with Gasteiger partial charge >= 0.3 is 0 Å². The second-order valence-electron chi connectivity index (χ2n) is 5.49. The molecule has 0 spiro atoms. The van der Waals surface area contributed by atoms with Gasteiger partial charge in [-0.3, -0.25) is 0 Å². The van der Waals surface area contributed by atoms with E-state index in [1.807, 2.05) is 0 Å². The molecule has 0 radical (unpaired) electrons. The van der Waals surface area contributed by atoms with Gasteiger partial charge in [0.05, 0.1) is 18.8 Å². The first-order valence-electron chi connectivity index (χ1n) is 6.87. The van der Waals surface area contributed by atoms with Crippen LogP contribution in [0.4, 0.5) is 0 Å². The van der Waals surface area contributed by atoms with E-state index in [9.17, 15) is 30.6 Å². The highest BCUT2D eigenvalue weighted by Gasteiger charge is 2.45. The fraction of sp³-hybridized carbons (Fsp3) is 1.00. The Kier molecular flexibility index (Phi) is 5.52. The van der Waals surface area contributed by atoms with Gasteiger partial charge in [-0.15, -0.1) is 0 Å². The van der Waals surface area contributed by atoms with Crippen molar-refractivity contribution in [1.29, 1.82) is 0 Å². The maximum absolute atomic E-state index is 9.78. The quantitative estimate of drug-likeness (QED) is 0.275. The monoisotopic (exact) mass is 310 g/mol. The lowest BCUT2D eigenvalue weighted by atomic mass is 9.94. The molecule has 0 aromatic heterocycles. The Hall–Kier alpha value is -0.360. The maximum Gasteiger partial charge on any atom is 0.183 e. The summed E-state index contributed by atoms with van der Waals surface area (Å²) in [6.45, 7) is -0.430. The molecule has 2 saturated heterocycles. The molecule has 0 saturated carbocycles. The molecule has 9 atom stereocenters. The summed E-state index contributed by atoms with van der Waals surface area (Å²) in [4.78, 5) is 0. The van der Waals surface area contributed by atoms with Crippen molar-refractivity contribution >= 4 is 0 Å². The van der Waals surface area contributed by atoms with Crippen molar-refractivity contribution in [2.45, 2.75) is 68.0 Å². The lowest BCUT2D eigenvalue weighted by Gasteiger charge is -2.38. The highest BCUT2D eigenvalue weighted by molar-refractivity contribution is 4.93. The van der Waals surface area contributed by atoms with E-state index in [1.54, 1.807) is 0 Å². The third-order valence-corrected chi connectivity index (χ3v) is 4.06. The Balaban J connectivity index is 1.88. The molecule has 21 heavy (non-hydrogen) atoms. The van der Waals surface area contributed by atoms with Gasteiger partial charge < -0.3 is 45.2 Å². The fourth-order valence-electron chi connectivity index (χ4n) is 2.71. The summed E-state index contributed by atoms with van der Waals surface area (Å²) < 4.78 is 10.3. The van der Waals surface area contributed by atoms with Crippen molar-refractivity contribution in [2.75, 3.05) is 6.61 Å². The van der Waals surface area contributed by atoms with Crippen LogP contribution in [0.3, 0.4) is 0 Å². The molecule has 9 heteroatoms. The molecule has 2 rings (SSSR count). The number of rotatable bonds is 4. The maximum atomic E-state index is 9.78. The van der Waals surface area contributed by atoms with Crippen molar-refractivity contribution in [1.82, 2.24) is 0 Å². The Labute approximate surface area is 121 Å². The Morgan fingerprint density at radius 1 is 0.571 bits per heavy atom. The first-order chi connectivity index (χ1) is 9.86. The summed E-state index contributed by atoms with van der Waals surface area (Å²) >= 11 is 0. The van der Waals surface area contributed by atoms with Crippen LogP contribution in [0.25, 0.3) is 0 Å². The molecule has 124 valence electrons. The van der Waals surface area contributed by atoms with Crippen LogP contribution >= 0.6 is 0 Å². The molecule has 0 bridgehead atoms. The Morgan fingerprint density at radius 3 is 1.57 bits per heavy atom. The Bertz CT molecular complexity index is 341. The van der Waals surface area contributed by atoms with Gasteiger partial charge in [0, 0.05) is 0 Å². The first-order valence-corrected chi connectivity index (χ1v) is 6.87. The standard InChI is InChI=1S/C12H22O9/c13-3-6-9(16)7(14)4(20-6)1-2-5-8(15)10(17)11(18)12(19)21-5/h4-19H,1-3H2/t4-,5-,6-,7+,8+,9-,10+,11-,12+/m1/s1. The molecule has 2 aliphatic rings. The normalized spacial score (nSPS) is 51.3. The van der Waals surface area contributed by atoms with Crippen LogP contribution in [0.15, 0.2) is 0 Å². The average Bonchev–Trinajstić information content (AvgIpc) is 2.75. The summed E-state index contributed by atoms with van der Waals surface area (Å²) in [5.74, 6) is 0. The smallest absolute Gasteiger partial charge is 0.183 e. The first kappa shape index (κ1) is 17.0. The van der Waals surface area contributed by atoms with E-state index in [-0.39, 0.29) is 12.8 Å². The summed E-state index contributed by atoms with van der Waals surface area (Å²) in [6.07, 6.45) is -10.8. The molecular formula is C12H22O9. The minimum Gasteiger partial charge on any atom is -0.394 e. The minimum absolute atomic E-state index is 0.120. The van der Waals surface area contributed by atoms with Crippen LogP contribution in [0.5, 0.6) is 0 Å². The van der Waals surface area contributed by atoms with E-state index in [1.165, 1.54) is 0 Å². The van der Waals surface area contributed by atoms with E-state index < -0.39 is 61.7 Å². The molecule has 9 nitrogen and oxygen atoms in total. The summed E-state index contributed by atoms with van der Waals surface area (Å²) in [5, 5.41) is 66.4. The van der Waals surface area contributed by atoms with Crippen LogP contribution in [-0.4, -0.2) is 97.5 Å². The predicted octanol–water partition coefficient (Wildman–Crippen LogP) is -3.95. The molecule has 0 unspecified atom stereocenters. The van der Waals surface area contributed by atoms with Crippen molar-refractivity contribution in [3.63, 3.8) is 0 Å². The van der Waals surface area contributed by atoms with Crippen LogP contribution in [0, 0.1) is 0 Å². The number of aliphatic hydroxyl groups excluding tert-OH is 7. The van der Waals surface area contributed by atoms with Gasteiger partial charge in [0.2, 0.25) is 0 Å². The molecule has 0 aromatic carbocycles. The van der Waals surface area contributed by atoms with Crippen molar-refractivity contribution < 1.29 is 45.2 Å². The minimum atomic E-state index is -1.61.